The zero-order chi connectivity index (χ0) is 17.5. The summed E-state index contributed by atoms with van der Waals surface area (Å²) in [5.74, 6) is 0.00865. The van der Waals surface area contributed by atoms with E-state index < -0.39 is 6.61 Å². The molecule has 0 saturated heterocycles. The molecule has 2 aromatic carbocycles. The largest absolute Gasteiger partial charge is 0.435 e. The Kier molecular flexibility index (Phi) is 6.26. The highest BCUT2D eigenvalue weighted by Crippen LogP contribution is 2.16. The Morgan fingerprint density at radius 3 is 2.54 bits per heavy atom. The molecule has 0 unspecified atom stereocenters. The first-order valence-corrected chi connectivity index (χ1v) is 7.51. The van der Waals surface area contributed by atoms with Crippen LogP contribution in [0.3, 0.4) is 0 Å². The molecule has 1 amide bonds. The van der Waals surface area contributed by atoms with Crippen LogP contribution in [0.25, 0.3) is 0 Å². The molecule has 0 spiro atoms. The van der Waals surface area contributed by atoms with Crippen LogP contribution in [0.1, 0.15) is 11.1 Å². The van der Waals surface area contributed by atoms with Gasteiger partial charge in [0, 0.05) is 12.2 Å². The number of rotatable bonds is 7. The van der Waals surface area contributed by atoms with Gasteiger partial charge < -0.3 is 10.1 Å². The van der Waals surface area contributed by atoms with Crippen molar-refractivity contribution in [2.45, 2.75) is 20.1 Å². The van der Waals surface area contributed by atoms with Crippen molar-refractivity contribution in [3.63, 3.8) is 0 Å². The molecular formula is C18H20F2N2O2. The number of carbonyl (C=O) groups excluding carboxylic acids is 1. The highest BCUT2D eigenvalue weighted by Gasteiger charge is 2.09. The van der Waals surface area contributed by atoms with Crippen LogP contribution in [0.5, 0.6) is 5.75 Å². The molecule has 0 heterocycles. The Morgan fingerprint density at radius 2 is 1.92 bits per heavy atom. The summed E-state index contributed by atoms with van der Waals surface area (Å²) in [6.45, 7) is -0.119. The van der Waals surface area contributed by atoms with Crippen molar-refractivity contribution in [1.82, 2.24) is 4.90 Å². The van der Waals surface area contributed by atoms with E-state index in [0.717, 1.165) is 16.8 Å². The van der Waals surface area contributed by atoms with Gasteiger partial charge in [-0.1, -0.05) is 24.3 Å². The lowest BCUT2D eigenvalue weighted by Gasteiger charge is -2.17. The third-order valence-corrected chi connectivity index (χ3v) is 3.32. The highest BCUT2D eigenvalue weighted by atomic mass is 19.3. The fourth-order valence-electron chi connectivity index (χ4n) is 2.31. The summed E-state index contributed by atoms with van der Waals surface area (Å²) in [5, 5.41) is 2.85. The van der Waals surface area contributed by atoms with E-state index in [2.05, 4.69) is 10.1 Å². The summed E-state index contributed by atoms with van der Waals surface area (Å²) < 4.78 is 28.5. The second-order valence-electron chi connectivity index (χ2n) is 5.61. The van der Waals surface area contributed by atoms with Crippen LogP contribution < -0.4 is 10.1 Å². The lowest BCUT2D eigenvalue weighted by molar-refractivity contribution is -0.117. The smallest absolute Gasteiger partial charge is 0.387 e. The predicted molar refractivity (Wildman–Crippen MR) is 89.2 cm³/mol. The van der Waals surface area contributed by atoms with Gasteiger partial charge in [0.2, 0.25) is 5.91 Å². The number of aryl methyl sites for hydroxylation is 1. The number of hydrogen-bond acceptors (Lipinski definition) is 3. The van der Waals surface area contributed by atoms with Crippen LogP contribution in [0, 0.1) is 6.92 Å². The quantitative estimate of drug-likeness (QED) is 0.840. The first-order valence-electron chi connectivity index (χ1n) is 7.51. The summed E-state index contributed by atoms with van der Waals surface area (Å²) in [5.41, 5.74) is 2.75. The van der Waals surface area contributed by atoms with Gasteiger partial charge in [0.05, 0.1) is 6.54 Å². The van der Waals surface area contributed by atoms with E-state index in [1.54, 1.807) is 12.1 Å². The highest BCUT2D eigenvalue weighted by molar-refractivity contribution is 5.92. The molecule has 0 saturated carbocycles. The molecule has 0 bridgehead atoms. The number of nitrogens with one attached hydrogen (secondary N) is 1. The number of carbonyl (C=O) groups is 1. The van der Waals surface area contributed by atoms with Gasteiger partial charge in [-0.15, -0.1) is 0 Å². The predicted octanol–water partition coefficient (Wildman–Crippen LogP) is 3.67. The summed E-state index contributed by atoms with van der Waals surface area (Å²) >= 11 is 0. The summed E-state index contributed by atoms with van der Waals surface area (Å²) in [4.78, 5) is 13.9. The molecule has 0 radical (unpaired) electrons. The fraction of sp³-hybridized carbons (Fsp3) is 0.278. The molecule has 0 atom stereocenters. The minimum absolute atomic E-state index is 0.110. The van der Waals surface area contributed by atoms with Gasteiger partial charge in [0.25, 0.3) is 0 Å². The van der Waals surface area contributed by atoms with Gasteiger partial charge in [-0.2, -0.15) is 8.78 Å². The number of alkyl halides is 2. The molecule has 0 aliphatic carbocycles. The van der Waals surface area contributed by atoms with Gasteiger partial charge in [0.15, 0.2) is 0 Å². The standard InChI is InChI=1S/C18H20F2N2O2/c1-13-4-3-5-15(10-13)21-17(23)12-22(2)11-14-6-8-16(9-7-14)24-18(19)20/h3-10,18H,11-12H2,1-2H3,(H,21,23). The number of amides is 1. The zero-order valence-corrected chi connectivity index (χ0v) is 13.6. The van der Waals surface area contributed by atoms with Crippen molar-refractivity contribution in [3.8, 4) is 5.75 Å². The molecule has 6 heteroatoms. The van der Waals surface area contributed by atoms with Crippen LogP contribution in [0.15, 0.2) is 48.5 Å². The van der Waals surface area contributed by atoms with Crippen molar-refractivity contribution in [3.05, 3.63) is 59.7 Å². The molecule has 2 aromatic rings. The van der Waals surface area contributed by atoms with Crippen molar-refractivity contribution in [2.24, 2.45) is 0 Å². The zero-order valence-electron chi connectivity index (χ0n) is 13.6. The van der Waals surface area contributed by atoms with E-state index in [0.29, 0.717) is 6.54 Å². The monoisotopic (exact) mass is 334 g/mol. The number of benzene rings is 2. The number of hydrogen-bond donors (Lipinski definition) is 1. The second kappa shape index (κ2) is 8.40. The second-order valence-corrected chi connectivity index (χ2v) is 5.61. The fourth-order valence-corrected chi connectivity index (χ4v) is 2.31. The number of anilines is 1. The lowest BCUT2D eigenvalue weighted by Crippen LogP contribution is -2.29. The average molecular weight is 334 g/mol. The average Bonchev–Trinajstić information content (AvgIpc) is 2.48. The van der Waals surface area contributed by atoms with E-state index in [1.165, 1.54) is 12.1 Å². The van der Waals surface area contributed by atoms with Crippen LogP contribution >= 0.6 is 0 Å². The van der Waals surface area contributed by atoms with E-state index in [9.17, 15) is 13.6 Å². The van der Waals surface area contributed by atoms with Gasteiger partial charge >= 0.3 is 6.61 Å². The van der Waals surface area contributed by atoms with Crippen molar-refractivity contribution in [2.75, 3.05) is 18.9 Å². The Hall–Kier alpha value is -2.47. The number of halogens is 2. The number of ether oxygens (including phenoxy) is 1. The van der Waals surface area contributed by atoms with Gasteiger partial charge in [-0.05, 0) is 49.4 Å². The van der Waals surface area contributed by atoms with Crippen LogP contribution in [-0.4, -0.2) is 31.0 Å². The van der Waals surface area contributed by atoms with Crippen molar-refractivity contribution < 1.29 is 18.3 Å². The van der Waals surface area contributed by atoms with E-state index in [1.807, 2.05) is 43.1 Å². The molecule has 0 aliphatic heterocycles. The Labute approximate surface area is 140 Å². The van der Waals surface area contributed by atoms with Crippen molar-refractivity contribution in [1.29, 1.82) is 0 Å². The minimum Gasteiger partial charge on any atom is -0.435 e. The Morgan fingerprint density at radius 1 is 1.21 bits per heavy atom. The minimum atomic E-state index is -2.83. The maximum atomic E-state index is 12.1. The normalized spacial score (nSPS) is 10.9. The third-order valence-electron chi connectivity index (χ3n) is 3.32. The Balaban J connectivity index is 1.83. The third kappa shape index (κ3) is 5.96. The van der Waals surface area contributed by atoms with Crippen LogP contribution in [-0.2, 0) is 11.3 Å². The van der Waals surface area contributed by atoms with Crippen molar-refractivity contribution >= 4 is 11.6 Å². The summed E-state index contributed by atoms with van der Waals surface area (Å²) in [6, 6.07) is 14.0. The molecular weight excluding hydrogens is 314 g/mol. The van der Waals surface area contributed by atoms with Gasteiger partial charge in [0.1, 0.15) is 5.75 Å². The summed E-state index contributed by atoms with van der Waals surface area (Å²) in [7, 11) is 1.82. The molecule has 0 fully saturated rings. The first-order chi connectivity index (χ1) is 11.4. The first kappa shape index (κ1) is 17.9. The SMILES string of the molecule is Cc1cccc(NC(=O)CN(C)Cc2ccc(OC(F)F)cc2)c1. The maximum absolute atomic E-state index is 12.1. The van der Waals surface area contributed by atoms with E-state index in [-0.39, 0.29) is 18.2 Å². The molecule has 1 N–H and O–H groups in total. The summed E-state index contributed by atoms with van der Waals surface area (Å²) in [6.07, 6.45) is 0. The van der Waals surface area contributed by atoms with Crippen LogP contribution in [0.4, 0.5) is 14.5 Å². The molecule has 24 heavy (non-hydrogen) atoms. The molecule has 0 aliphatic rings. The lowest BCUT2D eigenvalue weighted by atomic mass is 10.2. The van der Waals surface area contributed by atoms with E-state index >= 15 is 0 Å². The maximum Gasteiger partial charge on any atom is 0.387 e. The number of nitrogens with zero attached hydrogens (tertiary/aromatic N) is 1. The topological polar surface area (TPSA) is 41.6 Å². The number of likely N-dealkylation sites (N-methyl/N-ethyl adjacent to an activating group) is 1. The van der Waals surface area contributed by atoms with E-state index in [4.69, 9.17) is 0 Å². The van der Waals surface area contributed by atoms with Gasteiger partial charge in [-0.25, -0.2) is 0 Å². The van der Waals surface area contributed by atoms with Gasteiger partial charge in [-0.3, -0.25) is 9.69 Å². The molecule has 4 nitrogen and oxygen atoms in total. The molecule has 128 valence electrons. The molecule has 2 rings (SSSR count). The Bertz CT molecular complexity index is 675. The molecule has 0 aromatic heterocycles. The van der Waals surface area contributed by atoms with Crippen LogP contribution in [0.2, 0.25) is 0 Å².